The van der Waals surface area contributed by atoms with Gasteiger partial charge in [-0.15, -0.1) is 0 Å². The fourth-order valence-corrected chi connectivity index (χ4v) is 1.69. The number of aryl methyl sites for hydroxylation is 1. The molecule has 2 rings (SSSR count). The lowest BCUT2D eigenvalue weighted by Crippen LogP contribution is -2.21. The van der Waals surface area contributed by atoms with Gasteiger partial charge in [0, 0.05) is 11.8 Å². The van der Waals surface area contributed by atoms with Crippen LogP contribution in [0, 0.1) is 6.92 Å². The van der Waals surface area contributed by atoms with Gasteiger partial charge >= 0.3 is 5.97 Å². The van der Waals surface area contributed by atoms with Crippen molar-refractivity contribution in [3.63, 3.8) is 0 Å². The number of carbonyl (C=O) groups is 1. The Morgan fingerprint density at radius 2 is 2.11 bits per heavy atom. The molecular weight excluding hydrogens is 232 g/mol. The van der Waals surface area contributed by atoms with Gasteiger partial charge in [0.25, 0.3) is 5.56 Å². The summed E-state index contributed by atoms with van der Waals surface area (Å²) in [5.74, 6) is -1.00. The van der Waals surface area contributed by atoms with E-state index in [4.69, 9.17) is 5.11 Å². The average Bonchev–Trinajstić information content (AvgIpc) is 2.33. The van der Waals surface area contributed by atoms with Crippen LogP contribution in [0.3, 0.4) is 0 Å². The Hall–Kier alpha value is -2.43. The molecule has 0 radical (unpaired) electrons. The van der Waals surface area contributed by atoms with Crippen LogP contribution in [0.2, 0.25) is 0 Å². The van der Waals surface area contributed by atoms with Crippen molar-refractivity contribution in [2.45, 2.75) is 13.5 Å². The zero-order valence-corrected chi connectivity index (χ0v) is 9.83. The Bertz CT molecular complexity index is 647. The first-order valence-corrected chi connectivity index (χ1v) is 5.42. The van der Waals surface area contributed by atoms with Gasteiger partial charge in [-0.1, -0.05) is 18.2 Å². The normalized spacial score (nSPS) is 10.3. The van der Waals surface area contributed by atoms with E-state index >= 15 is 0 Å². The maximum absolute atomic E-state index is 11.7. The maximum atomic E-state index is 11.7. The van der Waals surface area contributed by atoms with E-state index in [0.29, 0.717) is 11.3 Å². The molecule has 5 nitrogen and oxygen atoms in total. The van der Waals surface area contributed by atoms with Crippen LogP contribution < -0.4 is 5.56 Å². The van der Waals surface area contributed by atoms with Crippen LogP contribution >= 0.6 is 0 Å². The molecule has 92 valence electrons. The highest BCUT2D eigenvalue weighted by atomic mass is 16.4. The summed E-state index contributed by atoms with van der Waals surface area (Å²) >= 11 is 0. The van der Waals surface area contributed by atoms with Crippen molar-refractivity contribution in [2.24, 2.45) is 0 Å². The van der Waals surface area contributed by atoms with Crippen LogP contribution in [0.1, 0.15) is 21.6 Å². The second-order valence-corrected chi connectivity index (χ2v) is 3.96. The molecule has 2 aromatic rings. The number of rotatable bonds is 3. The van der Waals surface area contributed by atoms with Gasteiger partial charge < -0.3 is 5.11 Å². The van der Waals surface area contributed by atoms with Crippen LogP contribution in [0.15, 0.2) is 41.5 Å². The van der Waals surface area contributed by atoms with Crippen LogP contribution in [-0.2, 0) is 6.54 Å². The van der Waals surface area contributed by atoms with Crippen LogP contribution in [-0.4, -0.2) is 20.6 Å². The zero-order valence-electron chi connectivity index (χ0n) is 9.83. The number of carboxylic acid groups (broad SMARTS) is 1. The summed E-state index contributed by atoms with van der Waals surface area (Å²) in [4.78, 5) is 26.8. The smallest absolute Gasteiger partial charge is 0.336 e. The summed E-state index contributed by atoms with van der Waals surface area (Å²) in [5.41, 5.74) is 1.23. The molecule has 1 N–H and O–H groups in total. The first kappa shape index (κ1) is 12.0. The summed E-state index contributed by atoms with van der Waals surface area (Å²) in [5, 5.41) is 9.05. The van der Waals surface area contributed by atoms with E-state index in [2.05, 4.69) is 4.98 Å². The third-order valence-corrected chi connectivity index (χ3v) is 2.60. The van der Waals surface area contributed by atoms with Crippen molar-refractivity contribution in [3.05, 3.63) is 63.8 Å². The van der Waals surface area contributed by atoms with Crippen molar-refractivity contribution < 1.29 is 9.90 Å². The van der Waals surface area contributed by atoms with Crippen LogP contribution in [0.25, 0.3) is 0 Å². The summed E-state index contributed by atoms with van der Waals surface area (Å²) in [6.07, 6.45) is 1.43. The third-order valence-electron chi connectivity index (χ3n) is 2.60. The lowest BCUT2D eigenvalue weighted by Gasteiger charge is -2.08. The largest absolute Gasteiger partial charge is 0.478 e. The summed E-state index contributed by atoms with van der Waals surface area (Å²) in [6, 6.07) is 8.03. The summed E-state index contributed by atoms with van der Waals surface area (Å²) < 4.78 is 1.38. The zero-order chi connectivity index (χ0) is 13.1. The molecule has 1 heterocycles. The van der Waals surface area contributed by atoms with E-state index in [1.54, 1.807) is 25.1 Å². The molecule has 5 heteroatoms. The highest BCUT2D eigenvalue weighted by Crippen LogP contribution is 2.09. The number of hydrogen-bond acceptors (Lipinski definition) is 3. The van der Waals surface area contributed by atoms with Crippen molar-refractivity contribution in [3.8, 4) is 0 Å². The van der Waals surface area contributed by atoms with E-state index in [1.165, 1.54) is 23.0 Å². The summed E-state index contributed by atoms with van der Waals surface area (Å²) in [6.45, 7) is 1.94. The molecule has 0 saturated heterocycles. The van der Waals surface area contributed by atoms with Gasteiger partial charge in [-0.25, -0.2) is 9.78 Å². The molecule has 0 spiro atoms. The van der Waals surface area contributed by atoms with Crippen LogP contribution in [0.5, 0.6) is 0 Å². The minimum atomic E-state index is -1.00. The molecule has 0 saturated carbocycles. The molecule has 0 fully saturated rings. The number of aromatic nitrogens is 2. The molecular formula is C13H12N2O3. The van der Waals surface area contributed by atoms with Crippen LogP contribution in [0.4, 0.5) is 0 Å². The van der Waals surface area contributed by atoms with Gasteiger partial charge in [0.1, 0.15) is 0 Å². The lowest BCUT2D eigenvalue weighted by atomic mass is 10.1. The predicted molar refractivity (Wildman–Crippen MR) is 65.7 cm³/mol. The minimum Gasteiger partial charge on any atom is -0.478 e. The molecule has 0 unspecified atom stereocenters. The number of aromatic carboxylic acids is 1. The molecule has 0 aliphatic heterocycles. The Labute approximate surface area is 103 Å². The molecule has 0 bridgehead atoms. The Balaban J connectivity index is 2.40. The number of carboxylic acids is 1. The Morgan fingerprint density at radius 1 is 1.39 bits per heavy atom. The Kier molecular flexibility index (Phi) is 3.23. The van der Waals surface area contributed by atoms with Gasteiger partial charge in [0.15, 0.2) is 0 Å². The third kappa shape index (κ3) is 2.45. The van der Waals surface area contributed by atoms with E-state index in [0.717, 1.165) is 0 Å². The quantitative estimate of drug-likeness (QED) is 0.883. The molecule has 0 atom stereocenters. The second kappa shape index (κ2) is 4.83. The second-order valence-electron chi connectivity index (χ2n) is 3.96. The molecule has 0 amide bonds. The first-order valence-electron chi connectivity index (χ1n) is 5.42. The van der Waals surface area contributed by atoms with Gasteiger partial charge in [-0.05, 0) is 18.6 Å². The Morgan fingerprint density at radius 3 is 2.78 bits per heavy atom. The minimum absolute atomic E-state index is 0.192. The molecule has 0 aliphatic rings. The van der Waals surface area contributed by atoms with Crippen molar-refractivity contribution >= 4 is 5.97 Å². The van der Waals surface area contributed by atoms with Crippen molar-refractivity contribution in [2.75, 3.05) is 0 Å². The monoisotopic (exact) mass is 244 g/mol. The van der Waals surface area contributed by atoms with Gasteiger partial charge in [-0.3, -0.25) is 9.36 Å². The number of benzene rings is 1. The molecule has 1 aromatic carbocycles. The van der Waals surface area contributed by atoms with E-state index in [9.17, 15) is 9.59 Å². The van der Waals surface area contributed by atoms with Crippen molar-refractivity contribution in [1.29, 1.82) is 0 Å². The fourth-order valence-electron chi connectivity index (χ4n) is 1.69. The molecule has 1 aromatic heterocycles. The van der Waals surface area contributed by atoms with E-state index < -0.39 is 5.97 Å². The van der Waals surface area contributed by atoms with E-state index in [-0.39, 0.29) is 17.7 Å². The molecule has 18 heavy (non-hydrogen) atoms. The number of nitrogens with zero attached hydrogens (tertiary/aromatic N) is 2. The highest BCUT2D eigenvalue weighted by Gasteiger charge is 2.09. The van der Waals surface area contributed by atoms with E-state index in [1.807, 2.05) is 0 Å². The lowest BCUT2D eigenvalue weighted by molar-refractivity contribution is 0.0695. The maximum Gasteiger partial charge on any atom is 0.336 e. The van der Waals surface area contributed by atoms with Gasteiger partial charge in [0.2, 0.25) is 0 Å². The first-order chi connectivity index (χ1) is 8.58. The fraction of sp³-hybridized carbons (Fsp3) is 0.154. The SMILES string of the molecule is Cc1cc(=O)n(Cc2ccccc2C(=O)O)cn1. The molecule has 0 aliphatic carbocycles. The average molecular weight is 244 g/mol. The summed E-state index contributed by atoms with van der Waals surface area (Å²) in [7, 11) is 0. The van der Waals surface area contributed by atoms with Crippen molar-refractivity contribution in [1.82, 2.24) is 9.55 Å². The predicted octanol–water partition coefficient (Wildman–Crippen LogP) is 1.30. The van der Waals surface area contributed by atoms with Gasteiger partial charge in [0.05, 0.1) is 18.4 Å². The van der Waals surface area contributed by atoms with Gasteiger partial charge in [-0.2, -0.15) is 0 Å². The standard InChI is InChI=1S/C13H12N2O3/c1-9-6-12(16)15(8-14-9)7-10-4-2-3-5-11(10)13(17)18/h2-6,8H,7H2,1H3,(H,17,18). The number of hydrogen-bond donors (Lipinski definition) is 1. The highest BCUT2D eigenvalue weighted by molar-refractivity contribution is 5.89. The topological polar surface area (TPSA) is 72.2 Å².